The van der Waals surface area contributed by atoms with Gasteiger partial charge in [0.1, 0.15) is 12.1 Å². The summed E-state index contributed by atoms with van der Waals surface area (Å²) in [5.41, 5.74) is 1.88. The molecule has 0 radical (unpaired) electrons. The normalized spacial score (nSPS) is 25.8. The molecule has 0 bridgehead atoms. The van der Waals surface area contributed by atoms with Gasteiger partial charge in [0, 0.05) is 27.5 Å². The summed E-state index contributed by atoms with van der Waals surface area (Å²) in [6.45, 7) is 3.56. The summed E-state index contributed by atoms with van der Waals surface area (Å²) < 4.78 is 0.825. The Kier molecular flexibility index (Phi) is 5.73. The average molecular weight is 573 g/mol. The molecule has 3 aromatic carbocycles. The van der Waals surface area contributed by atoms with E-state index in [1.807, 2.05) is 26.0 Å². The first kappa shape index (κ1) is 24.5. The van der Waals surface area contributed by atoms with Crippen molar-refractivity contribution in [3.63, 3.8) is 0 Å². The van der Waals surface area contributed by atoms with Crippen LogP contribution in [-0.2, 0) is 24.7 Å². The smallest absolute Gasteiger partial charge is 0.253 e. The van der Waals surface area contributed by atoms with E-state index in [-0.39, 0.29) is 18.4 Å². The molecule has 0 unspecified atom stereocenters. The van der Waals surface area contributed by atoms with Gasteiger partial charge in [0.05, 0.1) is 17.5 Å². The molecule has 0 aliphatic carbocycles. The van der Waals surface area contributed by atoms with E-state index in [9.17, 15) is 19.2 Å². The van der Waals surface area contributed by atoms with Crippen molar-refractivity contribution in [2.24, 2.45) is 11.8 Å². The van der Waals surface area contributed by atoms with Crippen molar-refractivity contribution in [1.82, 2.24) is 5.32 Å². The highest BCUT2D eigenvalue weighted by Crippen LogP contribution is 2.55. The molecule has 8 nitrogen and oxygen atoms in total. The predicted molar refractivity (Wildman–Crippen MR) is 146 cm³/mol. The standard InChI is InChI=1S/C29H25BrN4O4/c1-16-7-11-19(12-8-16)31-23(35)15-33-22-6-4-3-5-21(22)29(28(33)38)25-24(17(2)32-29)26(36)34(27(25)37)20-13-9-18(30)10-14-20/h3-14,17,24-25,32H,15H2,1-2H3,(H,31,35)/t17-,24+,25+,29+/m0/s1. The van der Waals surface area contributed by atoms with Crippen molar-refractivity contribution in [2.45, 2.75) is 25.4 Å². The van der Waals surface area contributed by atoms with E-state index in [0.29, 0.717) is 22.6 Å². The van der Waals surface area contributed by atoms with Gasteiger partial charge in [-0.15, -0.1) is 0 Å². The van der Waals surface area contributed by atoms with E-state index in [1.165, 1.54) is 9.80 Å². The summed E-state index contributed by atoms with van der Waals surface area (Å²) >= 11 is 3.39. The Morgan fingerprint density at radius 2 is 1.66 bits per heavy atom. The molecular formula is C29H25BrN4O4. The SMILES string of the molecule is Cc1ccc(NC(=O)CN2C(=O)[C@@]3(N[C@@H](C)[C@H]4C(=O)N(c5ccc(Br)cc5)C(=O)[C@@H]43)c3ccccc32)cc1. The van der Waals surface area contributed by atoms with E-state index in [2.05, 4.69) is 26.6 Å². The number of carbonyl (C=O) groups is 4. The van der Waals surface area contributed by atoms with Crippen LogP contribution in [0.4, 0.5) is 17.1 Å². The number of halogens is 1. The maximum absolute atomic E-state index is 14.2. The summed E-state index contributed by atoms with van der Waals surface area (Å²) in [7, 11) is 0. The molecule has 3 aliphatic heterocycles. The molecule has 0 aromatic heterocycles. The van der Waals surface area contributed by atoms with Crippen LogP contribution >= 0.6 is 15.9 Å². The number of carbonyl (C=O) groups excluding carboxylic acids is 4. The molecule has 3 aliphatic rings. The van der Waals surface area contributed by atoms with Crippen molar-refractivity contribution >= 4 is 56.6 Å². The van der Waals surface area contributed by atoms with Crippen LogP contribution in [-0.4, -0.2) is 36.2 Å². The number of hydrogen-bond donors (Lipinski definition) is 2. The van der Waals surface area contributed by atoms with Crippen molar-refractivity contribution in [2.75, 3.05) is 21.7 Å². The predicted octanol–water partition coefficient (Wildman–Crippen LogP) is 3.74. The van der Waals surface area contributed by atoms with Crippen LogP contribution in [0.5, 0.6) is 0 Å². The number of hydrogen-bond acceptors (Lipinski definition) is 5. The number of amides is 4. The van der Waals surface area contributed by atoms with Gasteiger partial charge in [0.2, 0.25) is 17.7 Å². The van der Waals surface area contributed by atoms with Crippen molar-refractivity contribution in [3.8, 4) is 0 Å². The van der Waals surface area contributed by atoms with E-state index in [1.54, 1.807) is 60.7 Å². The second kappa shape index (κ2) is 8.89. The molecule has 1 spiro atoms. The van der Waals surface area contributed by atoms with Crippen molar-refractivity contribution in [3.05, 3.63) is 88.4 Å². The monoisotopic (exact) mass is 572 g/mol. The first-order chi connectivity index (χ1) is 18.2. The number of para-hydroxylation sites is 1. The molecule has 3 aromatic rings. The largest absolute Gasteiger partial charge is 0.325 e. The lowest BCUT2D eigenvalue weighted by atomic mass is 9.76. The molecule has 192 valence electrons. The molecule has 6 rings (SSSR count). The first-order valence-electron chi connectivity index (χ1n) is 12.4. The molecule has 2 N–H and O–H groups in total. The van der Waals surface area contributed by atoms with E-state index in [0.717, 1.165) is 10.0 Å². The fourth-order valence-corrected chi connectivity index (χ4v) is 6.36. The molecule has 2 fully saturated rings. The minimum atomic E-state index is -1.44. The van der Waals surface area contributed by atoms with Gasteiger partial charge >= 0.3 is 0 Å². The molecule has 3 heterocycles. The van der Waals surface area contributed by atoms with Gasteiger partial charge in [-0.25, -0.2) is 4.90 Å². The Balaban J connectivity index is 1.36. The van der Waals surface area contributed by atoms with Crippen molar-refractivity contribution < 1.29 is 19.2 Å². The van der Waals surface area contributed by atoms with Crippen LogP contribution in [0, 0.1) is 18.8 Å². The van der Waals surface area contributed by atoms with Gasteiger partial charge in [0.25, 0.3) is 5.91 Å². The highest BCUT2D eigenvalue weighted by molar-refractivity contribution is 9.10. The third-order valence-electron chi connectivity index (χ3n) is 7.74. The number of nitrogens with one attached hydrogen (secondary N) is 2. The zero-order chi connectivity index (χ0) is 26.8. The fourth-order valence-electron chi connectivity index (χ4n) is 6.09. The molecule has 2 saturated heterocycles. The molecular weight excluding hydrogens is 548 g/mol. The van der Waals surface area contributed by atoms with E-state index in [4.69, 9.17) is 0 Å². The van der Waals surface area contributed by atoms with Crippen LogP contribution in [0.3, 0.4) is 0 Å². The van der Waals surface area contributed by atoms with Crippen LogP contribution in [0.25, 0.3) is 0 Å². The van der Waals surface area contributed by atoms with Crippen LogP contribution in [0.1, 0.15) is 18.1 Å². The minimum Gasteiger partial charge on any atom is -0.325 e. The van der Waals surface area contributed by atoms with Crippen LogP contribution < -0.4 is 20.4 Å². The molecule has 0 saturated carbocycles. The zero-order valence-corrected chi connectivity index (χ0v) is 22.4. The summed E-state index contributed by atoms with van der Waals surface area (Å²) in [5, 5.41) is 6.18. The van der Waals surface area contributed by atoms with Crippen LogP contribution in [0.15, 0.2) is 77.3 Å². The summed E-state index contributed by atoms with van der Waals surface area (Å²) in [5.74, 6) is -3.18. The average Bonchev–Trinajstić information content (AvgIpc) is 3.44. The number of fused-ring (bicyclic) bond motifs is 4. The van der Waals surface area contributed by atoms with Gasteiger partial charge < -0.3 is 10.2 Å². The second-order valence-corrected chi connectivity index (χ2v) is 11.0. The molecule has 4 atom stereocenters. The highest BCUT2D eigenvalue weighted by atomic mass is 79.9. The number of benzene rings is 3. The quantitative estimate of drug-likeness (QED) is 0.464. The Morgan fingerprint density at radius 3 is 2.37 bits per heavy atom. The maximum atomic E-state index is 14.2. The van der Waals surface area contributed by atoms with E-state index >= 15 is 0 Å². The van der Waals surface area contributed by atoms with Gasteiger partial charge in [-0.2, -0.15) is 0 Å². The Hall–Kier alpha value is -3.82. The summed E-state index contributed by atoms with van der Waals surface area (Å²) in [4.78, 5) is 57.4. The third kappa shape index (κ3) is 3.53. The number of rotatable bonds is 4. The molecule has 38 heavy (non-hydrogen) atoms. The Bertz CT molecular complexity index is 1490. The third-order valence-corrected chi connectivity index (χ3v) is 8.26. The lowest BCUT2D eigenvalue weighted by molar-refractivity contribution is -0.132. The summed E-state index contributed by atoms with van der Waals surface area (Å²) in [6.07, 6.45) is 0. The maximum Gasteiger partial charge on any atom is 0.253 e. The lowest BCUT2D eigenvalue weighted by Gasteiger charge is -2.30. The van der Waals surface area contributed by atoms with Crippen LogP contribution in [0.2, 0.25) is 0 Å². The summed E-state index contributed by atoms with van der Waals surface area (Å²) in [6, 6.07) is 21.1. The second-order valence-electron chi connectivity index (χ2n) is 10.1. The number of imide groups is 1. The minimum absolute atomic E-state index is 0.225. The van der Waals surface area contributed by atoms with Gasteiger partial charge in [0.15, 0.2) is 0 Å². The molecule has 9 heteroatoms. The fraction of sp³-hybridized carbons (Fsp3) is 0.241. The Morgan fingerprint density at radius 1 is 0.974 bits per heavy atom. The lowest BCUT2D eigenvalue weighted by Crippen LogP contribution is -2.55. The number of nitrogens with zero attached hydrogens (tertiary/aromatic N) is 2. The zero-order valence-electron chi connectivity index (χ0n) is 20.8. The number of anilines is 3. The number of aryl methyl sites for hydroxylation is 1. The topological polar surface area (TPSA) is 98.8 Å². The van der Waals surface area contributed by atoms with E-state index < -0.39 is 35.2 Å². The van der Waals surface area contributed by atoms with Gasteiger partial charge in [-0.1, -0.05) is 51.8 Å². The van der Waals surface area contributed by atoms with Gasteiger partial charge in [-0.05, 0) is 56.3 Å². The molecule has 4 amide bonds. The first-order valence-corrected chi connectivity index (χ1v) is 13.2. The highest BCUT2D eigenvalue weighted by Gasteiger charge is 2.71. The van der Waals surface area contributed by atoms with Gasteiger partial charge in [-0.3, -0.25) is 24.5 Å². The Labute approximate surface area is 228 Å². The van der Waals surface area contributed by atoms with Crippen molar-refractivity contribution in [1.29, 1.82) is 0 Å².